The van der Waals surface area contributed by atoms with Gasteiger partial charge in [-0.05, 0) is 48.9 Å². The summed E-state index contributed by atoms with van der Waals surface area (Å²) in [6.07, 6.45) is 5.53. The Morgan fingerprint density at radius 2 is 1.85 bits per heavy atom. The molecule has 1 aliphatic heterocycles. The number of nitrogens with two attached hydrogens (primary N) is 1. The maximum absolute atomic E-state index is 12.2. The number of rotatable bonds is 3. The van der Waals surface area contributed by atoms with Gasteiger partial charge in [-0.2, -0.15) is 0 Å². The molecule has 1 aromatic heterocycles. The van der Waals surface area contributed by atoms with Crippen LogP contribution in [0.15, 0.2) is 30.5 Å². The van der Waals surface area contributed by atoms with Crippen LogP contribution in [-0.4, -0.2) is 21.5 Å². The summed E-state index contributed by atoms with van der Waals surface area (Å²) >= 11 is 0. The van der Waals surface area contributed by atoms with Crippen molar-refractivity contribution >= 4 is 36.4 Å². The lowest BCUT2D eigenvalue weighted by Crippen LogP contribution is -2.45. The van der Waals surface area contributed by atoms with E-state index in [0.717, 1.165) is 30.0 Å². The topological polar surface area (TPSA) is 72.9 Å². The molecule has 0 bridgehead atoms. The SMILES string of the molecule is CC(C)(C)[C@H](N)C(=O)Nc1ccc(-c2ncc3n2CCCC3)cc1.Cl.Cl. The van der Waals surface area contributed by atoms with Crippen LogP contribution in [-0.2, 0) is 17.8 Å². The van der Waals surface area contributed by atoms with Gasteiger partial charge in [-0.3, -0.25) is 4.79 Å². The second-order valence-corrected chi connectivity index (χ2v) is 7.59. The molecule has 0 saturated heterocycles. The second kappa shape index (κ2) is 8.89. The van der Waals surface area contributed by atoms with Crippen molar-refractivity contribution < 1.29 is 4.79 Å². The summed E-state index contributed by atoms with van der Waals surface area (Å²) in [5.41, 5.74) is 8.87. The van der Waals surface area contributed by atoms with E-state index in [1.807, 2.05) is 51.2 Å². The molecule has 0 radical (unpaired) electrons. The fourth-order valence-corrected chi connectivity index (χ4v) is 2.98. The summed E-state index contributed by atoms with van der Waals surface area (Å²) in [7, 11) is 0. The summed E-state index contributed by atoms with van der Waals surface area (Å²) in [6.45, 7) is 6.91. The van der Waals surface area contributed by atoms with Gasteiger partial charge in [-0.25, -0.2) is 4.98 Å². The first-order valence-electron chi connectivity index (χ1n) is 8.57. The zero-order valence-corrected chi connectivity index (χ0v) is 17.1. The molecule has 3 N–H and O–H groups in total. The van der Waals surface area contributed by atoms with E-state index in [2.05, 4.69) is 14.9 Å². The molecule has 1 atom stereocenters. The van der Waals surface area contributed by atoms with Crippen LogP contribution >= 0.6 is 24.8 Å². The average molecular weight is 399 g/mol. The Morgan fingerprint density at radius 1 is 1.19 bits per heavy atom. The van der Waals surface area contributed by atoms with Crippen molar-refractivity contribution in [3.63, 3.8) is 0 Å². The van der Waals surface area contributed by atoms with E-state index in [4.69, 9.17) is 5.73 Å². The normalized spacial score (nSPS) is 14.5. The van der Waals surface area contributed by atoms with Crippen molar-refractivity contribution in [1.82, 2.24) is 9.55 Å². The molecule has 1 aliphatic rings. The maximum atomic E-state index is 12.2. The van der Waals surface area contributed by atoms with Gasteiger partial charge in [0.15, 0.2) is 0 Å². The molecule has 5 nitrogen and oxygen atoms in total. The van der Waals surface area contributed by atoms with Crippen LogP contribution in [0.3, 0.4) is 0 Å². The molecule has 0 aliphatic carbocycles. The summed E-state index contributed by atoms with van der Waals surface area (Å²) < 4.78 is 2.30. The zero-order chi connectivity index (χ0) is 17.3. The number of imidazole rings is 1. The lowest BCUT2D eigenvalue weighted by molar-refractivity contribution is -0.119. The maximum Gasteiger partial charge on any atom is 0.241 e. The van der Waals surface area contributed by atoms with E-state index >= 15 is 0 Å². The molecule has 0 unspecified atom stereocenters. The van der Waals surface area contributed by atoms with Gasteiger partial charge in [0.05, 0.1) is 6.04 Å². The van der Waals surface area contributed by atoms with E-state index in [0.29, 0.717) is 0 Å². The molecule has 2 aromatic rings. The summed E-state index contributed by atoms with van der Waals surface area (Å²) in [5, 5.41) is 2.89. The van der Waals surface area contributed by atoms with Gasteiger partial charge < -0.3 is 15.6 Å². The van der Waals surface area contributed by atoms with Crippen LogP contribution in [0, 0.1) is 5.41 Å². The molecule has 1 amide bonds. The van der Waals surface area contributed by atoms with Crippen molar-refractivity contribution in [3.8, 4) is 11.4 Å². The number of nitrogens with one attached hydrogen (secondary N) is 1. The van der Waals surface area contributed by atoms with Crippen LogP contribution < -0.4 is 11.1 Å². The monoisotopic (exact) mass is 398 g/mol. The standard InChI is InChI=1S/C19H26N4O.2ClH/c1-19(2,3)16(20)18(24)22-14-9-7-13(8-10-14)17-21-12-15-6-4-5-11-23(15)17;;/h7-10,12,16H,4-6,11,20H2,1-3H3,(H,22,24);2*1H/t16-;;/m1../s1. The predicted octanol–water partition coefficient (Wildman–Crippen LogP) is 4.04. The second-order valence-electron chi connectivity index (χ2n) is 7.59. The van der Waals surface area contributed by atoms with Crippen LogP contribution in [0.2, 0.25) is 0 Å². The smallest absolute Gasteiger partial charge is 0.241 e. The zero-order valence-electron chi connectivity index (χ0n) is 15.5. The number of carbonyl (C=O) groups is 1. The highest BCUT2D eigenvalue weighted by molar-refractivity contribution is 5.95. The summed E-state index contributed by atoms with van der Waals surface area (Å²) in [6, 6.07) is 7.28. The average Bonchev–Trinajstić information content (AvgIpc) is 2.98. The number of amides is 1. The minimum Gasteiger partial charge on any atom is -0.328 e. The molecule has 144 valence electrons. The number of halogens is 2. The minimum absolute atomic E-state index is 0. The lowest BCUT2D eigenvalue weighted by atomic mass is 9.87. The number of hydrogen-bond donors (Lipinski definition) is 2. The van der Waals surface area contributed by atoms with Gasteiger partial charge in [0, 0.05) is 29.7 Å². The fourth-order valence-electron chi connectivity index (χ4n) is 2.98. The highest BCUT2D eigenvalue weighted by Crippen LogP contribution is 2.26. The van der Waals surface area contributed by atoms with Gasteiger partial charge in [0.2, 0.25) is 5.91 Å². The Labute approximate surface area is 167 Å². The van der Waals surface area contributed by atoms with Gasteiger partial charge in [-0.15, -0.1) is 24.8 Å². The quantitative estimate of drug-likeness (QED) is 0.818. The van der Waals surface area contributed by atoms with Gasteiger partial charge in [-0.1, -0.05) is 20.8 Å². The van der Waals surface area contributed by atoms with Crippen LogP contribution in [0.25, 0.3) is 11.4 Å². The number of aryl methyl sites for hydroxylation is 1. The van der Waals surface area contributed by atoms with Crippen molar-refractivity contribution in [3.05, 3.63) is 36.2 Å². The number of fused-ring (bicyclic) bond motifs is 1. The number of hydrogen-bond acceptors (Lipinski definition) is 3. The van der Waals surface area contributed by atoms with Crippen LogP contribution in [0.5, 0.6) is 0 Å². The Kier molecular flexibility index (Phi) is 7.69. The van der Waals surface area contributed by atoms with E-state index in [1.54, 1.807) is 0 Å². The molecule has 1 aromatic carbocycles. The molecule has 26 heavy (non-hydrogen) atoms. The van der Waals surface area contributed by atoms with Gasteiger partial charge in [0.25, 0.3) is 0 Å². The Balaban J connectivity index is 0.00000169. The molecule has 0 spiro atoms. The first kappa shape index (κ1) is 22.5. The van der Waals surface area contributed by atoms with Crippen molar-refractivity contribution in [2.45, 2.75) is 52.6 Å². The van der Waals surface area contributed by atoms with Crippen LogP contribution in [0.1, 0.15) is 39.3 Å². The molecular formula is C19H28Cl2N4O. The van der Waals surface area contributed by atoms with E-state index in [1.165, 1.54) is 18.5 Å². The van der Waals surface area contributed by atoms with E-state index < -0.39 is 6.04 Å². The molecule has 7 heteroatoms. The van der Waals surface area contributed by atoms with E-state index in [9.17, 15) is 4.79 Å². The largest absolute Gasteiger partial charge is 0.328 e. The highest BCUT2D eigenvalue weighted by Gasteiger charge is 2.27. The summed E-state index contributed by atoms with van der Waals surface area (Å²) in [4.78, 5) is 16.8. The molecule has 2 heterocycles. The van der Waals surface area contributed by atoms with Crippen LogP contribution in [0.4, 0.5) is 5.69 Å². The number of aromatic nitrogens is 2. The molecular weight excluding hydrogens is 371 g/mol. The van der Waals surface area contributed by atoms with Crippen molar-refractivity contribution in [1.29, 1.82) is 0 Å². The van der Waals surface area contributed by atoms with E-state index in [-0.39, 0.29) is 36.1 Å². The first-order chi connectivity index (χ1) is 11.4. The Hall–Kier alpha value is -1.56. The first-order valence-corrected chi connectivity index (χ1v) is 8.57. The third kappa shape index (κ3) is 4.78. The summed E-state index contributed by atoms with van der Waals surface area (Å²) in [5.74, 6) is 0.849. The molecule has 0 saturated carbocycles. The predicted molar refractivity (Wildman–Crippen MR) is 111 cm³/mol. The fraction of sp³-hybridized carbons (Fsp3) is 0.474. The third-order valence-corrected chi connectivity index (χ3v) is 4.63. The molecule has 0 fully saturated rings. The Bertz CT molecular complexity index is 735. The van der Waals surface area contributed by atoms with Gasteiger partial charge in [0.1, 0.15) is 5.82 Å². The molecule has 3 rings (SSSR count). The number of nitrogens with zero attached hydrogens (tertiary/aromatic N) is 2. The third-order valence-electron chi connectivity index (χ3n) is 4.63. The lowest BCUT2D eigenvalue weighted by Gasteiger charge is -2.25. The number of carbonyl (C=O) groups excluding carboxylic acids is 1. The minimum atomic E-state index is -0.545. The number of anilines is 1. The van der Waals surface area contributed by atoms with Crippen molar-refractivity contribution in [2.24, 2.45) is 11.1 Å². The van der Waals surface area contributed by atoms with Gasteiger partial charge >= 0.3 is 0 Å². The Morgan fingerprint density at radius 3 is 2.46 bits per heavy atom. The number of benzene rings is 1. The highest BCUT2D eigenvalue weighted by atomic mass is 35.5. The van der Waals surface area contributed by atoms with Crippen molar-refractivity contribution in [2.75, 3.05) is 5.32 Å².